The van der Waals surface area contributed by atoms with Crippen molar-refractivity contribution in [3.05, 3.63) is 24.3 Å². The minimum absolute atomic E-state index is 0.0276. The number of unbranched alkanes of at least 4 members (excludes halogenated alkanes) is 52. The first kappa shape index (κ1) is 82.5. The second-order valence-corrected chi connectivity index (χ2v) is 28.1. The molecule has 0 saturated carbocycles. The molecule has 9 nitrogen and oxygen atoms in total. The number of rotatable bonds is 70. The predicted molar refractivity (Wildman–Crippen MR) is 361 cm³/mol. The Labute approximate surface area is 523 Å². The van der Waals surface area contributed by atoms with Crippen LogP contribution >= 0.6 is 7.82 Å². The SMILES string of the molecule is CCCCCCCC/C=C\CCCCCCCCCCCC(=O)OCC(COP(=O)([O-])OCC[N+](C)(C)C)OC(=O)CCCCCCCCCCCCCCCCCCCCCCCCCCCCCCC/C=C\CCCCCCCCCC. The number of phosphoric acid groups is 1. The number of carbonyl (C=O) groups is 2. The van der Waals surface area contributed by atoms with Crippen molar-refractivity contribution in [2.24, 2.45) is 0 Å². The van der Waals surface area contributed by atoms with Crippen molar-refractivity contribution >= 4 is 19.8 Å². The molecule has 0 spiro atoms. The molecule has 10 heteroatoms. The van der Waals surface area contributed by atoms with E-state index in [1.807, 2.05) is 21.1 Å². The van der Waals surface area contributed by atoms with E-state index >= 15 is 0 Å². The van der Waals surface area contributed by atoms with E-state index in [9.17, 15) is 19.0 Å². The number of phosphoric ester groups is 1. The van der Waals surface area contributed by atoms with Gasteiger partial charge in [-0.3, -0.25) is 14.2 Å². The van der Waals surface area contributed by atoms with Crippen LogP contribution in [0, 0.1) is 0 Å². The van der Waals surface area contributed by atoms with Crippen molar-refractivity contribution in [1.82, 2.24) is 0 Å². The van der Waals surface area contributed by atoms with E-state index in [2.05, 4.69) is 38.2 Å². The summed E-state index contributed by atoms with van der Waals surface area (Å²) in [5.74, 6) is -0.814. The maximum absolute atomic E-state index is 12.9. The largest absolute Gasteiger partial charge is 0.756 e. The number of hydrogen-bond acceptors (Lipinski definition) is 8. The summed E-state index contributed by atoms with van der Waals surface area (Å²) in [7, 11) is 1.19. The lowest BCUT2D eigenvalue weighted by Crippen LogP contribution is -2.37. The molecule has 0 heterocycles. The summed E-state index contributed by atoms with van der Waals surface area (Å²) in [4.78, 5) is 38.0. The predicted octanol–water partition coefficient (Wildman–Crippen LogP) is 23.4. The quantitative estimate of drug-likeness (QED) is 0.0195. The van der Waals surface area contributed by atoms with Gasteiger partial charge in [0.15, 0.2) is 6.10 Å². The molecular weight excluding hydrogens is 1060 g/mol. The highest BCUT2D eigenvalue weighted by Crippen LogP contribution is 2.38. The molecule has 0 bridgehead atoms. The molecule has 0 aliphatic heterocycles. The Bertz CT molecular complexity index is 1460. The summed E-state index contributed by atoms with van der Waals surface area (Å²) >= 11 is 0. The van der Waals surface area contributed by atoms with Crippen LogP contribution in [0.5, 0.6) is 0 Å². The van der Waals surface area contributed by atoms with E-state index in [1.54, 1.807) is 0 Å². The van der Waals surface area contributed by atoms with E-state index in [4.69, 9.17) is 18.5 Å². The smallest absolute Gasteiger partial charge is 0.306 e. The molecule has 2 atom stereocenters. The number of hydrogen-bond donors (Lipinski definition) is 0. The van der Waals surface area contributed by atoms with Gasteiger partial charge in [-0.2, -0.15) is 0 Å². The standard InChI is InChI=1S/C74H144NO8P/c1-6-8-10-12-14-16-18-20-22-24-26-27-28-29-30-31-32-33-34-35-36-37-38-39-40-41-42-43-44-45-46-47-49-51-53-55-57-59-61-63-65-67-74(77)83-72(71-82-84(78,79)81-69-68-75(3,4)5)70-80-73(76)66-64-62-60-58-56-54-52-50-48-25-23-21-19-17-15-13-11-9-7-2/h21,23-24,26,72H,6-20,22,25,27-71H2,1-5H3/b23-21-,26-24-. The zero-order chi connectivity index (χ0) is 61.2. The number of nitrogens with zero attached hydrogens (tertiary/aromatic N) is 1. The zero-order valence-corrected chi connectivity index (χ0v) is 57.8. The van der Waals surface area contributed by atoms with Crippen molar-refractivity contribution in [3.8, 4) is 0 Å². The molecule has 0 fully saturated rings. The van der Waals surface area contributed by atoms with Crippen molar-refractivity contribution in [3.63, 3.8) is 0 Å². The number of likely N-dealkylation sites (N-methyl/N-ethyl adjacent to an activating group) is 1. The molecule has 84 heavy (non-hydrogen) atoms. The third-order valence-corrected chi connectivity index (χ3v) is 17.9. The van der Waals surface area contributed by atoms with Gasteiger partial charge in [-0.25, -0.2) is 0 Å². The molecule has 498 valence electrons. The molecular formula is C74H144NO8P. The molecule has 0 rings (SSSR count). The molecule has 0 radical (unpaired) electrons. The zero-order valence-electron chi connectivity index (χ0n) is 56.9. The maximum atomic E-state index is 12.9. The summed E-state index contributed by atoms with van der Waals surface area (Å²) in [6.45, 7) is 4.30. The Kier molecular flexibility index (Phi) is 64.7. The van der Waals surface area contributed by atoms with Gasteiger partial charge in [0.25, 0.3) is 7.82 Å². The van der Waals surface area contributed by atoms with Crippen LogP contribution in [0.2, 0.25) is 0 Å². The highest BCUT2D eigenvalue weighted by molar-refractivity contribution is 7.45. The molecule has 2 unspecified atom stereocenters. The number of ether oxygens (including phenoxy) is 2. The Balaban J connectivity index is 3.85. The number of carbonyl (C=O) groups excluding carboxylic acids is 2. The van der Waals surface area contributed by atoms with E-state index in [-0.39, 0.29) is 32.0 Å². The third kappa shape index (κ3) is 69.6. The minimum Gasteiger partial charge on any atom is -0.756 e. The monoisotopic (exact) mass is 1210 g/mol. The highest BCUT2D eigenvalue weighted by Gasteiger charge is 2.22. The average Bonchev–Trinajstić information content (AvgIpc) is 3.46. The van der Waals surface area contributed by atoms with Crippen LogP contribution in [0.1, 0.15) is 386 Å². The maximum Gasteiger partial charge on any atom is 0.306 e. The summed E-state index contributed by atoms with van der Waals surface area (Å²) in [5, 5.41) is 0. The molecule has 0 aromatic carbocycles. The van der Waals surface area contributed by atoms with Crippen molar-refractivity contribution in [2.75, 3.05) is 47.5 Å². The first-order chi connectivity index (χ1) is 41.0. The number of quaternary nitrogens is 1. The van der Waals surface area contributed by atoms with Crippen LogP contribution < -0.4 is 4.89 Å². The molecule has 0 amide bonds. The van der Waals surface area contributed by atoms with Gasteiger partial charge in [-0.05, 0) is 64.2 Å². The molecule has 0 saturated heterocycles. The second-order valence-electron chi connectivity index (χ2n) is 26.7. The summed E-state index contributed by atoms with van der Waals surface area (Å²) in [6.07, 6.45) is 83.0. The van der Waals surface area contributed by atoms with Gasteiger partial charge in [-0.1, -0.05) is 334 Å². The molecule has 0 aliphatic carbocycles. The lowest BCUT2D eigenvalue weighted by Gasteiger charge is -2.28. The normalized spacial score (nSPS) is 13.2. The molecule has 0 aliphatic rings. The van der Waals surface area contributed by atoms with Crippen LogP contribution in [0.25, 0.3) is 0 Å². The Morgan fingerprint density at radius 2 is 0.607 bits per heavy atom. The van der Waals surface area contributed by atoms with E-state index < -0.39 is 26.5 Å². The molecule has 0 N–H and O–H groups in total. The van der Waals surface area contributed by atoms with E-state index in [0.717, 1.165) is 32.1 Å². The van der Waals surface area contributed by atoms with E-state index in [1.165, 1.54) is 321 Å². The fraction of sp³-hybridized carbons (Fsp3) is 0.919. The highest BCUT2D eigenvalue weighted by atomic mass is 31.2. The summed E-state index contributed by atoms with van der Waals surface area (Å²) in [6, 6.07) is 0. The minimum atomic E-state index is -4.64. The topological polar surface area (TPSA) is 111 Å². The van der Waals surface area contributed by atoms with Gasteiger partial charge in [0.05, 0.1) is 27.7 Å². The van der Waals surface area contributed by atoms with Gasteiger partial charge in [-0.15, -0.1) is 0 Å². The van der Waals surface area contributed by atoms with Gasteiger partial charge in [0.2, 0.25) is 0 Å². The Morgan fingerprint density at radius 3 is 0.881 bits per heavy atom. The first-order valence-corrected chi connectivity index (χ1v) is 38.5. The van der Waals surface area contributed by atoms with Crippen LogP contribution in [-0.2, 0) is 32.7 Å². The Hall–Kier alpha value is -1.51. The third-order valence-electron chi connectivity index (χ3n) is 16.9. The fourth-order valence-electron chi connectivity index (χ4n) is 11.2. The van der Waals surface area contributed by atoms with Crippen LogP contribution in [-0.4, -0.2) is 70.0 Å². The first-order valence-electron chi connectivity index (χ1n) is 37.0. The van der Waals surface area contributed by atoms with Gasteiger partial charge in [0, 0.05) is 12.8 Å². The fourth-order valence-corrected chi connectivity index (χ4v) is 12.0. The molecule has 0 aromatic heterocycles. The Morgan fingerprint density at radius 1 is 0.357 bits per heavy atom. The number of esters is 2. The van der Waals surface area contributed by atoms with Gasteiger partial charge >= 0.3 is 11.9 Å². The lowest BCUT2D eigenvalue weighted by molar-refractivity contribution is -0.870. The van der Waals surface area contributed by atoms with Crippen molar-refractivity contribution < 1.29 is 42.1 Å². The van der Waals surface area contributed by atoms with Crippen LogP contribution in [0.3, 0.4) is 0 Å². The van der Waals surface area contributed by atoms with Crippen LogP contribution in [0.4, 0.5) is 0 Å². The van der Waals surface area contributed by atoms with Gasteiger partial charge in [0.1, 0.15) is 19.8 Å². The summed E-state index contributed by atoms with van der Waals surface area (Å²) < 4.78 is 34.3. The second kappa shape index (κ2) is 65.9. The average molecular weight is 1210 g/mol. The van der Waals surface area contributed by atoms with Gasteiger partial charge < -0.3 is 27.9 Å². The number of allylic oxidation sites excluding steroid dienone is 4. The van der Waals surface area contributed by atoms with Crippen molar-refractivity contribution in [1.29, 1.82) is 0 Å². The van der Waals surface area contributed by atoms with E-state index in [0.29, 0.717) is 17.4 Å². The van der Waals surface area contributed by atoms with Crippen LogP contribution in [0.15, 0.2) is 24.3 Å². The summed E-state index contributed by atoms with van der Waals surface area (Å²) in [5.41, 5.74) is 0. The molecule has 0 aromatic rings. The lowest BCUT2D eigenvalue weighted by atomic mass is 10.0. The van der Waals surface area contributed by atoms with Crippen molar-refractivity contribution in [2.45, 2.75) is 392 Å².